The highest BCUT2D eigenvalue weighted by Crippen LogP contribution is 2.31. The normalized spacial score (nSPS) is 23.2. The first kappa shape index (κ1) is 18.1. The lowest BCUT2D eigenvalue weighted by molar-refractivity contribution is -0.146. The van der Waals surface area contributed by atoms with Crippen LogP contribution in [0.25, 0.3) is 0 Å². The Balaban J connectivity index is 1.26. The zero-order valence-electron chi connectivity index (χ0n) is 15.4. The third-order valence-electron chi connectivity index (χ3n) is 5.30. The highest BCUT2D eigenvalue weighted by molar-refractivity contribution is 5.83. The fourth-order valence-electron chi connectivity index (χ4n) is 3.68. The van der Waals surface area contributed by atoms with E-state index in [0.717, 1.165) is 26.2 Å². The lowest BCUT2D eigenvalue weighted by atomic mass is 10.2. The number of nitrogens with zero attached hydrogens (tertiary/aromatic N) is 3. The van der Waals surface area contributed by atoms with E-state index in [1.165, 1.54) is 0 Å². The number of piperazine rings is 2. The molecule has 2 saturated heterocycles. The third kappa shape index (κ3) is 4.17. The van der Waals surface area contributed by atoms with Crippen LogP contribution in [0.15, 0.2) is 24.3 Å². The van der Waals surface area contributed by atoms with Crippen LogP contribution in [0.1, 0.15) is 0 Å². The van der Waals surface area contributed by atoms with Crippen molar-refractivity contribution in [3.8, 4) is 11.5 Å². The number of ether oxygens (including phenoxy) is 2. The van der Waals surface area contributed by atoms with E-state index in [1.54, 1.807) is 4.90 Å². The third-order valence-corrected chi connectivity index (χ3v) is 5.30. The molecular weight excluding hydrogens is 348 g/mol. The second-order valence-electron chi connectivity index (χ2n) is 7.10. The zero-order valence-corrected chi connectivity index (χ0v) is 15.4. The number of hydrogen-bond donors (Lipinski definition) is 1. The van der Waals surface area contributed by atoms with Crippen LogP contribution >= 0.6 is 0 Å². The summed E-state index contributed by atoms with van der Waals surface area (Å²) in [5.74, 6) is 1.35. The van der Waals surface area contributed by atoms with Crippen LogP contribution in [0.5, 0.6) is 11.5 Å². The van der Waals surface area contributed by atoms with Gasteiger partial charge in [0.1, 0.15) is 6.61 Å². The van der Waals surface area contributed by atoms with Crippen LogP contribution in [0.4, 0.5) is 0 Å². The summed E-state index contributed by atoms with van der Waals surface area (Å²) in [7, 11) is 0. The Hall–Kier alpha value is -2.32. The van der Waals surface area contributed by atoms with Gasteiger partial charge in [-0.3, -0.25) is 14.5 Å². The largest absolute Gasteiger partial charge is 0.485 e. The predicted molar refractivity (Wildman–Crippen MR) is 98.8 cm³/mol. The summed E-state index contributed by atoms with van der Waals surface area (Å²) in [5, 5.41) is 3.29. The number of nitrogens with one attached hydrogen (secondary N) is 1. The summed E-state index contributed by atoms with van der Waals surface area (Å²) >= 11 is 0. The zero-order chi connectivity index (χ0) is 18.6. The van der Waals surface area contributed by atoms with E-state index in [1.807, 2.05) is 29.2 Å². The molecule has 1 atom stereocenters. The Morgan fingerprint density at radius 1 is 0.963 bits per heavy atom. The molecule has 1 aromatic carbocycles. The number of carbonyl (C=O) groups excluding carboxylic acids is 2. The van der Waals surface area contributed by atoms with Gasteiger partial charge in [-0.25, -0.2) is 0 Å². The maximum Gasteiger partial charge on any atom is 0.267 e. The Labute approximate surface area is 159 Å². The van der Waals surface area contributed by atoms with Crippen molar-refractivity contribution in [1.29, 1.82) is 0 Å². The number of hydrogen-bond acceptors (Lipinski definition) is 6. The minimum Gasteiger partial charge on any atom is -0.485 e. The number of para-hydroxylation sites is 2. The van der Waals surface area contributed by atoms with E-state index >= 15 is 0 Å². The van der Waals surface area contributed by atoms with E-state index in [4.69, 9.17) is 9.47 Å². The number of amides is 2. The minimum absolute atomic E-state index is 0.0706. The minimum atomic E-state index is -0.622. The molecule has 0 saturated carbocycles. The Bertz CT molecular complexity index is 684. The molecule has 1 N–H and O–H groups in total. The van der Waals surface area contributed by atoms with Crippen molar-refractivity contribution in [2.75, 3.05) is 65.5 Å². The summed E-state index contributed by atoms with van der Waals surface area (Å²) in [6.45, 7) is 6.58. The second-order valence-corrected chi connectivity index (χ2v) is 7.10. The molecule has 1 unspecified atom stereocenters. The maximum atomic E-state index is 12.8. The first-order chi connectivity index (χ1) is 13.2. The van der Waals surface area contributed by atoms with Crippen LogP contribution in [-0.2, 0) is 9.59 Å². The van der Waals surface area contributed by atoms with E-state index in [0.29, 0.717) is 44.2 Å². The highest BCUT2D eigenvalue weighted by Gasteiger charge is 2.33. The molecule has 1 aromatic rings. The van der Waals surface area contributed by atoms with Crippen LogP contribution in [0, 0.1) is 0 Å². The lowest BCUT2D eigenvalue weighted by Crippen LogP contribution is -2.56. The molecular formula is C19H26N4O4. The van der Waals surface area contributed by atoms with Gasteiger partial charge in [0.15, 0.2) is 11.5 Å². The first-order valence-electron chi connectivity index (χ1n) is 9.59. The Kier molecular flexibility index (Phi) is 5.45. The van der Waals surface area contributed by atoms with Gasteiger partial charge in [0.05, 0.1) is 6.54 Å². The summed E-state index contributed by atoms with van der Waals surface area (Å²) < 4.78 is 11.5. The molecule has 3 heterocycles. The number of rotatable bonds is 3. The maximum absolute atomic E-state index is 12.8. The standard InChI is InChI=1S/C19H26N4O4/c24-18(13-21-7-5-20-6-8-21)22-9-11-23(12-10-22)19(25)17-14-26-15-3-1-2-4-16(15)27-17/h1-4,17,20H,5-14H2. The van der Waals surface area contributed by atoms with Crippen LogP contribution in [-0.4, -0.2) is 98.1 Å². The average Bonchev–Trinajstić information content (AvgIpc) is 2.73. The van der Waals surface area contributed by atoms with E-state index < -0.39 is 6.10 Å². The molecule has 27 heavy (non-hydrogen) atoms. The number of benzene rings is 1. The highest BCUT2D eigenvalue weighted by atomic mass is 16.6. The van der Waals surface area contributed by atoms with Crippen molar-refractivity contribution in [3.05, 3.63) is 24.3 Å². The van der Waals surface area contributed by atoms with Gasteiger partial charge in [0, 0.05) is 52.4 Å². The van der Waals surface area contributed by atoms with Gasteiger partial charge in [-0.05, 0) is 12.1 Å². The van der Waals surface area contributed by atoms with Crippen LogP contribution in [0.3, 0.4) is 0 Å². The van der Waals surface area contributed by atoms with Gasteiger partial charge in [-0.2, -0.15) is 0 Å². The molecule has 8 heteroatoms. The van der Waals surface area contributed by atoms with E-state index in [2.05, 4.69) is 10.2 Å². The van der Waals surface area contributed by atoms with Crippen molar-refractivity contribution in [3.63, 3.8) is 0 Å². The lowest BCUT2D eigenvalue weighted by Gasteiger charge is -2.38. The van der Waals surface area contributed by atoms with Crippen LogP contribution < -0.4 is 14.8 Å². The molecule has 0 radical (unpaired) electrons. The number of carbonyl (C=O) groups is 2. The fraction of sp³-hybridized carbons (Fsp3) is 0.579. The molecule has 0 bridgehead atoms. The van der Waals surface area contributed by atoms with Gasteiger partial charge in [-0.15, -0.1) is 0 Å². The monoisotopic (exact) mass is 374 g/mol. The van der Waals surface area contributed by atoms with E-state index in [9.17, 15) is 9.59 Å². The van der Waals surface area contributed by atoms with Crippen molar-refractivity contribution >= 4 is 11.8 Å². The van der Waals surface area contributed by atoms with Crippen molar-refractivity contribution in [2.24, 2.45) is 0 Å². The molecule has 8 nitrogen and oxygen atoms in total. The SMILES string of the molecule is O=C(CN1CCNCC1)N1CCN(C(=O)C2COc3ccccc3O2)CC1. The van der Waals surface area contributed by atoms with Gasteiger partial charge in [-0.1, -0.05) is 12.1 Å². The average molecular weight is 374 g/mol. The Morgan fingerprint density at radius 3 is 2.37 bits per heavy atom. The van der Waals surface area contributed by atoms with Gasteiger partial charge in [0.2, 0.25) is 12.0 Å². The van der Waals surface area contributed by atoms with Crippen molar-refractivity contribution in [1.82, 2.24) is 20.0 Å². The Morgan fingerprint density at radius 2 is 1.63 bits per heavy atom. The molecule has 4 rings (SSSR count). The summed E-state index contributed by atoms with van der Waals surface area (Å²) in [6.07, 6.45) is -0.622. The molecule has 3 aliphatic rings. The molecule has 2 fully saturated rings. The fourth-order valence-corrected chi connectivity index (χ4v) is 3.68. The van der Waals surface area contributed by atoms with Gasteiger partial charge < -0.3 is 24.6 Å². The first-order valence-corrected chi connectivity index (χ1v) is 9.59. The van der Waals surface area contributed by atoms with Gasteiger partial charge in [0.25, 0.3) is 5.91 Å². The second kappa shape index (κ2) is 8.14. The summed E-state index contributed by atoms with van der Waals surface area (Å²) in [6, 6.07) is 7.37. The molecule has 2 amide bonds. The quantitative estimate of drug-likeness (QED) is 0.762. The topological polar surface area (TPSA) is 74.4 Å². The molecule has 146 valence electrons. The smallest absolute Gasteiger partial charge is 0.267 e. The number of fused-ring (bicyclic) bond motifs is 1. The van der Waals surface area contributed by atoms with Crippen LogP contribution in [0.2, 0.25) is 0 Å². The van der Waals surface area contributed by atoms with Gasteiger partial charge >= 0.3 is 0 Å². The van der Waals surface area contributed by atoms with E-state index in [-0.39, 0.29) is 18.4 Å². The molecule has 0 aliphatic carbocycles. The summed E-state index contributed by atoms with van der Waals surface area (Å²) in [4.78, 5) is 31.1. The molecule has 0 aromatic heterocycles. The molecule has 0 spiro atoms. The summed E-state index contributed by atoms with van der Waals surface area (Å²) in [5.41, 5.74) is 0. The van der Waals surface area contributed by atoms with Crippen molar-refractivity contribution in [2.45, 2.75) is 6.10 Å². The van der Waals surface area contributed by atoms with Crippen molar-refractivity contribution < 1.29 is 19.1 Å². The predicted octanol–water partition coefficient (Wildman–Crippen LogP) is -0.598. The molecule has 3 aliphatic heterocycles.